The van der Waals surface area contributed by atoms with Gasteiger partial charge in [-0.3, -0.25) is 10.1 Å². The maximum absolute atomic E-state index is 10.4. The molecule has 0 saturated carbocycles. The number of carbonyl (C=O) groups excluding carboxylic acids is 2. The van der Waals surface area contributed by atoms with Crippen LogP contribution >= 0.6 is 0 Å². The molecule has 0 atom stereocenters. The minimum atomic E-state index is -1.43. The minimum absolute atomic E-state index is 0.761. The average molecular weight is 231 g/mol. The largest absolute Gasteiger partial charge is 0.350 e. The van der Waals surface area contributed by atoms with Gasteiger partial charge in [0.1, 0.15) is 12.4 Å². The fraction of sp³-hybridized carbons (Fsp3) is 0.200. The maximum Gasteiger partial charge on any atom is 0.332 e. The van der Waals surface area contributed by atoms with Crippen LogP contribution in [0.5, 0.6) is 0 Å². The summed E-state index contributed by atoms with van der Waals surface area (Å²) in [5, 5.41) is 16.7. The summed E-state index contributed by atoms with van der Waals surface area (Å²) >= 11 is 0. The molecule has 16 heavy (non-hydrogen) atoms. The molecule has 0 rings (SSSR count). The van der Waals surface area contributed by atoms with E-state index in [0.29, 0.717) is 0 Å². The van der Waals surface area contributed by atoms with E-state index < -0.39 is 23.0 Å². The second-order valence-electron chi connectivity index (χ2n) is 2.28. The standard InChI is InChI=1S/C5H9N7O4/c6-4(13)10-8-1-3(12(15)16)2-9-11-5(7)14/h1-3H,(H3,6,10,13)(H3,7,11,14). The van der Waals surface area contributed by atoms with Gasteiger partial charge in [-0.05, 0) is 0 Å². The Morgan fingerprint density at radius 1 is 1.19 bits per heavy atom. The molecule has 0 aromatic heterocycles. The van der Waals surface area contributed by atoms with Crippen molar-refractivity contribution in [2.75, 3.05) is 0 Å². The molecule has 0 fully saturated rings. The number of nitrogens with zero attached hydrogens (tertiary/aromatic N) is 3. The Morgan fingerprint density at radius 3 is 1.81 bits per heavy atom. The van der Waals surface area contributed by atoms with Crippen molar-refractivity contribution in [2.24, 2.45) is 21.7 Å². The summed E-state index contributed by atoms with van der Waals surface area (Å²) in [7, 11) is 0. The van der Waals surface area contributed by atoms with Crippen LogP contribution in [0.3, 0.4) is 0 Å². The monoisotopic (exact) mass is 231 g/mol. The van der Waals surface area contributed by atoms with Gasteiger partial charge in [0.15, 0.2) is 0 Å². The third kappa shape index (κ3) is 6.76. The summed E-state index contributed by atoms with van der Waals surface area (Å²) in [5.41, 5.74) is 12.8. The van der Waals surface area contributed by atoms with Gasteiger partial charge < -0.3 is 11.5 Å². The number of nitro groups is 1. The molecular weight excluding hydrogens is 222 g/mol. The van der Waals surface area contributed by atoms with Gasteiger partial charge in [-0.25, -0.2) is 20.4 Å². The molecular formula is C5H9N7O4. The van der Waals surface area contributed by atoms with Gasteiger partial charge in [0.25, 0.3) is 6.04 Å². The number of carbonyl (C=O) groups is 2. The SMILES string of the molecule is NC(=O)NN=CC(C=NNC(N)=O)[N+](=O)[O-]. The molecule has 0 saturated heterocycles. The molecule has 0 unspecified atom stereocenters. The van der Waals surface area contributed by atoms with Crippen LogP contribution in [0.25, 0.3) is 0 Å². The fourth-order valence-electron chi connectivity index (χ4n) is 0.502. The van der Waals surface area contributed by atoms with Gasteiger partial charge in [0, 0.05) is 4.92 Å². The van der Waals surface area contributed by atoms with E-state index in [2.05, 4.69) is 21.7 Å². The molecule has 11 heteroatoms. The van der Waals surface area contributed by atoms with Crippen LogP contribution in [-0.2, 0) is 0 Å². The zero-order chi connectivity index (χ0) is 12.6. The number of hydrazone groups is 2. The highest BCUT2D eigenvalue weighted by Gasteiger charge is 2.13. The molecule has 0 aliphatic carbocycles. The van der Waals surface area contributed by atoms with Crippen molar-refractivity contribution in [3.8, 4) is 0 Å². The third-order valence-electron chi connectivity index (χ3n) is 1.05. The summed E-state index contributed by atoms with van der Waals surface area (Å²) in [6.45, 7) is 0. The molecule has 0 bridgehead atoms. The van der Waals surface area contributed by atoms with Crippen LogP contribution in [0.1, 0.15) is 0 Å². The van der Waals surface area contributed by atoms with Crippen LogP contribution < -0.4 is 22.3 Å². The van der Waals surface area contributed by atoms with Crippen molar-refractivity contribution < 1.29 is 14.5 Å². The molecule has 4 amide bonds. The number of hydrogen-bond donors (Lipinski definition) is 4. The normalized spacial score (nSPS) is 12.5. The van der Waals surface area contributed by atoms with Crippen LogP contribution in [0.15, 0.2) is 10.2 Å². The first-order chi connectivity index (χ1) is 7.43. The number of hydrogen-bond acceptors (Lipinski definition) is 6. The highest BCUT2D eigenvalue weighted by molar-refractivity contribution is 5.87. The number of amides is 4. The van der Waals surface area contributed by atoms with Crippen LogP contribution in [0.4, 0.5) is 9.59 Å². The minimum Gasteiger partial charge on any atom is -0.350 e. The van der Waals surface area contributed by atoms with Gasteiger partial charge in [0.2, 0.25) is 0 Å². The lowest BCUT2D eigenvalue weighted by Crippen LogP contribution is -2.30. The van der Waals surface area contributed by atoms with Crippen LogP contribution in [0, 0.1) is 10.1 Å². The second-order valence-corrected chi connectivity index (χ2v) is 2.28. The number of urea groups is 2. The number of rotatable bonds is 5. The Hall–Kier alpha value is -2.72. The Kier molecular flexibility index (Phi) is 5.55. The highest BCUT2D eigenvalue weighted by Crippen LogP contribution is 1.81. The average Bonchev–Trinajstić information content (AvgIpc) is 2.14. The molecule has 0 spiro atoms. The van der Waals surface area contributed by atoms with Crippen LogP contribution in [0.2, 0.25) is 0 Å². The van der Waals surface area contributed by atoms with E-state index >= 15 is 0 Å². The summed E-state index contributed by atoms with van der Waals surface area (Å²) in [6, 6.07) is -3.37. The first-order valence-electron chi connectivity index (χ1n) is 3.74. The van der Waals surface area contributed by atoms with Crippen molar-refractivity contribution in [3.63, 3.8) is 0 Å². The molecule has 6 N–H and O–H groups in total. The summed E-state index contributed by atoms with van der Waals surface area (Å²) in [6.07, 6.45) is 1.52. The van der Waals surface area contributed by atoms with Crippen molar-refractivity contribution in [1.82, 2.24) is 10.9 Å². The van der Waals surface area contributed by atoms with E-state index in [9.17, 15) is 19.7 Å². The van der Waals surface area contributed by atoms with Crippen molar-refractivity contribution in [3.05, 3.63) is 10.1 Å². The summed E-state index contributed by atoms with van der Waals surface area (Å²) in [5.74, 6) is 0. The predicted octanol–water partition coefficient (Wildman–Crippen LogP) is -2.06. The topological polar surface area (TPSA) is 178 Å². The Balaban J connectivity index is 4.33. The van der Waals surface area contributed by atoms with Gasteiger partial charge in [-0.15, -0.1) is 0 Å². The molecule has 0 heterocycles. The van der Waals surface area contributed by atoms with Gasteiger partial charge in [-0.1, -0.05) is 0 Å². The number of nitrogens with one attached hydrogen (secondary N) is 2. The van der Waals surface area contributed by atoms with Gasteiger partial charge >= 0.3 is 12.1 Å². The van der Waals surface area contributed by atoms with E-state index in [1.807, 2.05) is 0 Å². The quantitative estimate of drug-likeness (QED) is 0.241. The number of nitrogens with two attached hydrogens (primary N) is 2. The van der Waals surface area contributed by atoms with Crippen LogP contribution in [-0.4, -0.2) is 35.5 Å². The maximum atomic E-state index is 10.4. The Bertz CT molecular complexity index is 312. The van der Waals surface area contributed by atoms with E-state index in [-0.39, 0.29) is 0 Å². The zero-order valence-corrected chi connectivity index (χ0v) is 7.86. The zero-order valence-electron chi connectivity index (χ0n) is 7.86. The Morgan fingerprint density at radius 2 is 1.56 bits per heavy atom. The smallest absolute Gasteiger partial charge is 0.332 e. The van der Waals surface area contributed by atoms with E-state index in [1.54, 1.807) is 10.9 Å². The third-order valence-corrected chi connectivity index (χ3v) is 1.05. The Labute approximate surface area is 88.7 Å². The van der Waals surface area contributed by atoms with Crippen molar-refractivity contribution >= 4 is 24.5 Å². The molecule has 88 valence electrons. The molecule has 11 nitrogen and oxygen atoms in total. The molecule has 0 aliphatic rings. The van der Waals surface area contributed by atoms with E-state index in [4.69, 9.17) is 0 Å². The summed E-state index contributed by atoms with van der Waals surface area (Å²) < 4.78 is 0. The lowest BCUT2D eigenvalue weighted by atomic mass is 10.4. The molecule has 0 aromatic carbocycles. The molecule has 0 radical (unpaired) electrons. The van der Waals surface area contributed by atoms with Crippen molar-refractivity contribution in [2.45, 2.75) is 6.04 Å². The predicted molar refractivity (Wildman–Crippen MR) is 53.2 cm³/mol. The van der Waals surface area contributed by atoms with E-state index in [0.717, 1.165) is 12.4 Å². The first-order valence-corrected chi connectivity index (χ1v) is 3.74. The van der Waals surface area contributed by atoms with Crippen molar-refractivity contribution in [1.29, 1.82) is 0 Å². The number of primary amides is 2. The molecule has 0 aromatic rings. The second kappa shape index (κ2) is 6.69. The molecule has 0 aliphatic heterocycles. The van der Waals surface area contributed by atoms with Gasteiger partial charge in [0.05, 0.1) is 0 Å². The highest BCUT2D eigenvalue weighted by atomic mass is 16.6. The first kappa shape index (κ1) is 13.3. The van der Waals surface area contributed by atoms with Gasteiger partial charge in [-0.2, -0.15) is 10.2 Å². The lowest BCUT2D eigenvalue weighted by molar-refractivity contribution is -0.482. The fourth-order valence-corrected chi connectivity index (χ4v) is 0.502. The summed E-state index contributed by atoms with van der Waals surface area (Å²) in [4.78, 5) is 30.0. The van der Waals surface area contributed by atoms with E-state index in [1.165, 1.54) is 0 Å². The lowest BCUT2D eigenvalue weighted by Gasteiger charge is -1.97.